The largest absolute Gasteiger partial charge is 0.478 e. The third-order valence-electron chi connectivity index (χ3n) is 4.96. The molecule has 10 heteroatoms. The number of oxazole rings is 1. The van der Waals surface area contributed by atoms with Crippen LogP contribution in [0.2, 0.25) is 0 Å². The number of carboxylic acid groups (broad SMARTS) is 1. The maximum absolute atomic E-state index is 12.8. The molecule has 0 radical (unpaired) electrons. The second-order valence-corrected chi connectivity index (χ2v) is 9.02. The van der Waals surface area contributed by atoms with E-state index in [0.29, 0.717) is 39.7 Å². The van der Waals surface area contributed by atoms with Crippen LogP contribution in [-0.2, 0) is 17.4 Å². The molecule has 33 heavy (non-hydrogen) atoms. The SMILES string of the molecule is Cc1nc(-c2ccc(C(F)(F)F)cc2)sc1Cc1nc2ccc(OC(C)(C)C(=O)O)cc2o1. The number of benzene rings is 2. The van der Waals surface area contributed by atoms with E-state index in [1.54, 1.807) is 18.2 Å². The highest BCUT2D eigenvalue weighted by Gasteiger charge is 2.30. The number of halogens is 3. The third-order valence-corrected chi connectivity index (χ3v) is 6.16. The molecule has 0 amide bonds. The van der Waals surface area contributed by atoms with E-state index < -0.39 is 23.3 Å². The van der Waals surface area contributed by atoms with Crippen molar-refractivity contribution < 1.29 is 32.2 Å². The smallest absolute Gasteiger partial charge is 0.416 e. The molecule has 0 atom stereocenters. The lowest BCUT2D eigenvalue weighted by Gasteiger charge is -2.21. The predicted molar refractivity (Wildman–Crippen MR) is 116 cm³/mol. The quantitative estimate of drug-likeness (QED) is 0.361. The number of carboxylic acids is 1. The molecule has 0 aliphatic carbocycles. The van der Waals surface area contributed by atoms with Gasteiger partial charge in [-0.05, 0) is 45.0 Å². The Bertz CT molecular complexity index is 1320. The number of fused-ring (bicyclic) bond motifs is 1. The highest BCUT2D eigenvalue weighted by molar-refractivity contribution is 7.15. The van der Waals surface area contributed by atoms with Crippen LogP contribution in [0, 0.1) is 6.92 Å². The molecule has 0 fully saturated rings. The van der Waals surface area contributed by atoms with E-state index in [1.165, 1.54) is 37.3 Å². The predicted octanol–water partition coefficient (Wildman–Crippen LogP) is 6.11. The topological polar surface area (TPSA) is 85.5 Å². The number of rotatable bonds is 6. The average Bonchev–Trinajstić information content (AvgIpc) is 3.30. The summed E-state index contributed by atoms with van der Waals surface area (Å²) in [5.74, 6) is -0.313. The van der Waals surface area contributed by atoms with Crippen LogP contribution in [0.5, 0.6) is 5.75 Å². The average molecular weight is 476 g/mol. The fraction of sp³-hybridized carbons (Fsp3) is 0.261. The summed E-state index contributed by atoms with van der Waals surface area (Å²) in [6.45, 7) is 4.72. The van der Waals surface area contributed by atoms with Gasteiger partial charge in [0.15, 0.2) is 11.2 Å². The van der Waals surface area contributed by atoms with E-state index in [2.05, 4.69) is 9.97 Å². The summed E-state index contributed by atoms with van der Waals surface area (Å²) in [6, 6.07) is 9.79. The Morgan fingerprint density at radius 1 is 1.12 bits per heavy atom. The zero-order valence-electron chi connectivity index (χ0n) is 17.9. The van der Waals surface area contributed by atoms with Crippen molar-refractivity contribution in [2.75, 3.05) is 0 Å². The maximum Gasteiger partial charge on any atom is 0.416 e. The molecule has 0 saturated heterocycles. The fourth-order valence-corrected chi connectivity index (χ4v) is 4.14. The van der Waals surface area contributed by atoms with Gasteiger partial charge < -0.3 is 14.3 Å². The summed E-state index contributed by atoms with van der Waals surface area (Å²) < 4.78 is 49.8. The fourth-order valence-electron chi connectivity index (χ4n) is 3.08. The minimum atomic E-state index is -4.39. The molecule has 172 valence electrons. The first-order chi connectivity index (χ1) is 15.4. The molecule has 4 aromatic rings. The minimum Gasteiger partial charge on any atom is -0.478 e. The van der Waals surface area contributed by atoms with Gasteiger partial charge in [-0.2, -0.15) is 13.2 Å². The molecular formula is C23H19F3N2O4S. The number of ether oxygens (including phenoxy) is 1. The van der Waals surface area contributed by atoms with Crippen LogP contribution >= 0.6 is 11.3 Å². The highest BCUT2D eigenvalue weighted by atomic mass is 32.1. The number of thiazole rings is 1. The van der Waals surface area contributed by atoms with Crippen LogP contribution in [-0.4, -0.2) is 26.6 Å². The van der Waals surface area contributed by atoms with Crippen molar-refractivity contribution in [1.82, 2.24) is 9.97 Å². The van der Waals surface area contributed by atoms with Gasteiger partial charge in [0.25, 0.3) is 0 Å². The van der Waals surface area contributed by atoms with Crippen molar-refractivity contribution in [3.63, 3.8) is 0 Å². The molecule has 2 aromatic heterocycles. The lowest BCUT2D eigenvalue weighted by Crippen LogP contribution is -2.37. The number of hydrogen-bond donors (Lipinski definition) is 1. The van der Waals surface area contributed by atoms with Crippen LogP contribution in [0.1, 0.15) is 35.9 Å². The maximum atomic E-state index is 12.8. The Morgan fingerprint density at radius 2 is 1.82 bits per heavy atom. The summed E-state index contributed by atoms with van der Waals surface area (Å²) in [7, 11) is 0. The van der Waals surface area contributed by atoms with Crippen LogP contribution in [0.3, 0.4) is 0 Å². The third kappa shape index (κ3) is 4.85. The first-order valence-electron chi connectivity index (χ1n) is 9.88. The highest BCUT2D eigenvalue weighted by Crippen LogP contribution is 2.34. The lowest BCUT2D eigenvalue weighted by molar-refractivity contribution is -0.152. The first-order valence-corrected chi connectivity index (χ1v) is 10.7. The van der Waals surface area contributed by atoms with Crippen molar-refractivity contribution in [2.45, 2.75) is 39.0 Å². The second-order valence-electron chi connectivity index (χ2n) is 7.93. The van der Waals surface area contributed by atoms with Crippen molar-refractivity contribution in [2.24, 2.45) is 0 Å². The van der Waals surface area contributed by atoms with Gasteiger partial charge in [-0.3, -0.25) is 0 Å². The summed E-state index contributed by atoms with van der Waals surface area (Å²) >= 11 is 1.36. The van der Waals surface area contributed by atoms with Crippen LogP contribution in [0.4, 0.5) is 13.2 Å². The molecule has 1 N–H and O–H groups in total. The van der Waals surface area contributed by atoms with Gasteiger partial charge >= 0.3 is 12.1 Å². The van der Waals surface area contributed by atoms with Crippen molar-refractivity contribution in [1.29, 1.82) is 0 Å². The Hall–Kier alpha value is -3.40. The number of nitrogens with zero attached hydrogens (tertiary/aromatic N) is 2. The molecule has 0 saturated carbocycles. The Labute approximate surface area is 190 Å². The van der Waals surface area contributed by atoms with E-state index in [9.17, 15) is 23.1 Å². The zero-order valence-corrected chi connectivity index (χ0v) is 18.7. The Morgan fingerprint density at radius 3 is 2.45 bits per heavy atom. The van der Waals surface area contributed by atoms with Gasteiger partial charge in [0.1, 0.15) is 16.3 Å². The standard InChI is InChI=1S/C23H19F3N2O4S/c1-12-18(33-20(27-12)13-4-6-14(7-5-13)23(24,25)26)11-19-28-16-9-8-15(10-17(16)31-19)32-22(2,3)21(29)30/h4-10H,11H2,1-3H3,(H,29,30). The number of aromatic nitrogens is 2. The normalized spacial score (nSPS) is 12.3. The monoisotopic (exact) mass is 476 g/mol. The van der Waals surface area contributed by atoms with Crippen LogP contribution in [0.15, 0.2) is 46.9 Å². The number of hydrogen-bond acceptors (Lipinski definition) is 6. The number of carbonyl (C=O) groups is 1. The van der Waals surface area contributed by atoms with Gasteiger partial charge in [-0.25, -0.2) is 14.8 Å². The van der Waals surface area contributed by atoms with E-state index in [0.717, 1.165) is 22.7 Å². The molecular weight excluding hydrogens is 457 g/mol. The van der Waals surface area contributed by atoms with Gasteiger partial charge in [0, 0.05) is 16.5 Å². The van der Waals surface area contributed by atoms with Crippen molar-refractivity contribution in [3.8, 4) is 16.3 Å². The van der Waals surface area contributed by atoms with E-state index in [-0.39, 0.29) is 0 Å². The van der Waals surface area contributed by atoms with Crippen LogP contribution < -0.4 is 4.74 Å². The zero-order chi connectivity index (χ0) is 24.0. The van der Waals surface area contributed by atoms with Crippen molar-refractivity contribution in [3.05, 3.63) is 64.5 Å². The van der Waals surface area contributed by atoms with E-state index in [1.807, 2.05) is 6.92 Å². The molecule has 6 nitrogen and oxygen atoms in total. The molecule has 2 aromatic carbocycles. The molecule has 4 rings (SSSR count). The Balaban J connectivity index is 1.55. The lowest BCUT2D eigenvalue weighted by atomic mass is 10.1. The summed E-state index contributed by atoms with van der Waals surface area (Å²) in [5.41, 5.74) is 0.281. The van der Waals surface area contributed by atoms with E-state index >= 15 is 0 Å². The molecule has 2 heterocycles. The van der Waals surface area contributed by atoms with Gasteiger partial charge in [-0.1, -0.05) is 12.1 Å². The minimum absolute atomic E-state index is 0.344. The number of alkyl halides is 3. The van der Waals surface area contributed by atoms with Crippen molar-refractivity contribution >= 4 is 28.4 Å². The number of aliphatic carboxylic acids is 1. The summed E-state index contributed by atoms with van der Waals surface area (Å²) in [6.07, 6.45) is -4.03. The first kappa shape index (κ1) is 22.8. The molecule has 0 spiro atoms. The van der Waals surface area contributed by atoms with Crippen LogP contribution in [0.25, 0.3) is 21.7 Å². The second kappa shape index (κ2) is 8.18. The Kier molecular flexibility index (Phi) is 5.65. The van der Waals surface area contributed by atoms with Gasteiger partial charge in [0.2, 0.25) is 5.89 Å². The summed E-state index contributed by atoms with van der Waals surface area (Å²) in [5, 5.41) is 9.84. The molecule has 0 aliphatic heterocycles. The summed E-state index contributed by atoms with van der Waals surface area (Å²) in [4.78, 5) is 21.1. The molecule has 0 bridgehead atoms. The van der Waals surface area contributed by atoms with Gasteiger partial charge in [0.05, 0.1) is 17.7 Å². The van der Waals surface area contributed by atoms with Gasteiger partial charge in [-0.15, -0.1) is 11.3 Å². The molecule has 0 aliphatic rings. The molecule has 0 unspecified atom stereocenters. The van der Waals surface area contributed by atoms with E-state index in [4.69, 9.17) is 9.15 Å². The number of aryl methyl sites for hydroxylation is 1.